The minimum absolute atomic E-state index is 0.580. The van der Waals surface area contributed by atoms with Gasteiger partial charge >= 0.3 is 0 Å². The maximum Gasteiger partial charge on any atom is 0.229 e. The standard InChI is InChI=1S/C22H21NO2S2/c1-27(24,25)23-18-9-6-7-16(13-18)14-21-19-10-3-2-8-17(19)15-26-22-12-5-4-11-20(21)22/h3-7,9-14,23H,2,8,15H2,1H3/b21-14+. The molecule has 2 aliphatic rings. The van der Waals surface area contributed by atoms with Crippen LogP contribution in [-0.2, 0) is 10.0 Å². The van der Waals surface area contributed by atoms with Crippen LogP contribution in [0.5, 0.6) is 0 Å². The van der Waals surface area contributed by atoms with E-state index in [9.17, 15) is 8.42 Å². The number of sulfonamides is 1. The molecule has 0 spiro atoms. The molecule has 0 bridgehead atoms. The van der Waals surface area contributed by atoms with Crippen LogP contribution < -0.4 is 4.72 Å². The molecule has 0 aromatic heterocycles. The van der Waals surface area contributed by atoms with E-state index in [1.165, 1.54) is 33.4 Å². The van der Waals surface area contributed by atoms with Gasteiger partial charge in [0.2, 0.25) is 10.0 Å². The van der Waals surface area contributed by atoms with Crippen molar-refractivity contribution in [1.82, 2.24) is 0 Å². The quantitative estimate of drug-likeness (QED) is 0.762. The molecular formula is C22H21NO2S2. The van der Waals surface area contributed by atoms with Crippen LogP contribution in [-0.4, -0.2) is 20.4 Å². The molecule has 1 N–H and O–H groups in total. The third kappa shape index (κ3) is 4.20. The molecule has 0 saturated heterocycles. The first kappa shape index (κ1) is 18.1. The molecule has 5 heteroatoms. The van der Waals surface area contributed by atoms with Gasteiger partial charge in [0, 0.05) is 16.3 Å². The number of hydrogen-bond donors (Lipinski definition) is 1. The first-order valence-electron chi connectivity index (χ1n) is 8.90. The van der Waals surface area contributed by atoms with Crippen molar-refractivity contribution in [2.24, 2.45) is 0 Å². The summed E-state index contributed by atoms with van der Waals surface area (Å²) in [6, 6.07) is 16.0. The second-order valence-corrected chi connectivity index (χ2v) is 9.57. The zero-order valence-corrected chi connectivity index (χ0v) is 16.7. The van der Waals surface area contributed by atoms with E-state index in [0.717, 1.165) is 24.2 Å². The van der Waals surface area contributed by atoms with Gasteiger partial charge in [-0.05, 0) is 59.4 Å². The van der Waals surface area contributed by atoms with Crippen LogP contribution in [0.25, 0.3) is 11.6 Å². The van der Waals surface area contributed by atoms with Crippen LogP contribution >= 0.6 is 11.8 Å². The van der Waals surface area contributed by atoms with Crippen LogP contribution in [0.15, 0.2) is 76.7 Å². The van der Waals surface area contributed by atoms with E-state index in [1.54, 1.807) is 6.07 Å². The normalized spacial score (nSPS) is 18.0. The lowest BCUT2D eigenvalue weighted by Gasteiger charge is -2.16. The highest BCUT2D eigenvalue weighted by atomic mass is 32.2. The molecule has 0 radical (unpaired) electrons. The summed E-state index contributed by atoms with van der Waals surface area (Å²) in [7, 11) is -3.30. The van der Waals surface area contributed by atoms with Crippen LogP contribution in [0.1, 0.15) is 24.0 Å². The van der Waals surface area contributed by atoms with Gasteiger partial charge in [-0.15, -0.1) is 11.8 Å². The molecule has 27 heavy (non-hydrogen) atoms. The Labute approximate surface area is 164 Å². The number of rotatable bonds is 3. The van der Waals surface area contributed by atoms with E-state index in [0.29, 0.717) is 5.69 Å². The third-order valence-corrected chi connectivity index (χ3v) is 6.41. The highest BCUT2D eigenvalue weighted by Crippen LogP contribution is 2.42. The number of allylic oxidation sites excluding steroid dienone is 4. The van der Waals surface area contributed by atoms with Crippen LogP contribution in [0, 0.1) is 0 Å². The fourth-order valence-electron chi connectivity index (χ4n) is 3.49. The molecule has 1 aliphatic heterocycles. The van der Waals surface area contributed by atoms with Crippen molar-refractivity contribution < 1.29 is 8.42 Å². The van der Waals surface area contributed by atoms with E-state index >= 15 is 0 Å². The van der Waals surface area contributed by atoms with E-state index in [4.69, 9.17) is 0 Å². The Bertz CT molecular complexity index is 1080. The van der Waals surface area contributed by atoms with Crippen molar-refractivity contribution in [3.8, 4) is 0 Å². The molecule has 0 fully saturated rings. The molecule has 1 aliphatic carbocycles. The lowest BCUT2D eigenvalue weighted by molar-refractivity contribution is 0.607. The average molecular weight is 396 g/mol. The summed E-state index contributed by atoms with van der Waals surface area (Å²) in [6.45, 7) is 0. The van der Waals surface area contributed by atoms with Gasteiger partial charge in [0.1, 0.15) is 0 Å². The van der Waals surface area contributed by atoms with Gasteiger partial charge in [0.05, 0.1) is 6.26 Å². The Kier molecular flexibility index (Phi) is 4.98. The molecule has 138 valence electrons. The molecular weight excluding hydrogens is 374 g/mol. The topological polar surface area (TPSA) is 46.2 Å². The Hall–Kier alpha value is -2.24. The molecule has 0 amide bonds. The van der Waals surface area contributed by atoms with Crippen molar-refractivity contribution in [2.45, 2.75) is 17.7 Å². The Morgan fingerprint density at radius 2 is 1.96 bits per heavy atom. The molecule has 0 unspecified atom stereocenters. The number of benzene rings is 2. The predicted molar refractivity (Wildman–Crippen MR) is 115 cm³/mol. The van der Waals surface area contributed by atoms with E-state index in [2.05, 4.69) is 47.2 Å². The summed E-state index contributed by atoms with van der Waals surface area (Å²) in [6.07, 6.45) is 10.0. The maximum absolute atomic E-state index is 11.6. The van der Waals surface area contributed by atoms with Gasteiger partial charge < -0.3 is 0 Å². The number of anilines is 1. The summed E-state index contributed by atoms with van der Waals surface area (Å²) in [5.74, 6) is 1.02. The number of hydrogen-bond acceptors (Lipinski definition) is 3. The summed E-state index contributed by atoms with van der Waals surface area (Å²) >= 11 is 1.90. The monoisotopic (exact) mass is 395 g/mol. The van der Waals surface area contributed by atoms with Crippen molar-refractivity contribution in [3.63, 3.8) is 0 Å². The SMILES string of the molecule is CS(=O)(=O)Nc1cccc(/C=C2\C3=C(CCC=C3)CSc3ccccc32)c1. The van der Waals surface area contributed by atoms with Gasteiger partial charge in [-0.2, -0.15) is 0 Å². The van der Waals surface area contributed by atoms with Gasteiger partial charge in [-0.25, -0.2) is 8.42 Å². The van der Waals surface area contributed by atoms with Crippen molar-refractivity contribution in [1.29, 1.82) is 0 Å². The zero-order chi connectivity index (χ0) is 18.9. The minimum Gasteiger partial charge on any atom is -0.284 e. The predicted octanol–water partition coefficient (Wildman–Crippen LogP) is 5.35. The summed E-state index contributed by atoms with van der Waals surface area (Å²) in [5.41, 5.74) is 6.79. The van der Waals surface area contributed by atoms with Gasteiger partial charge in [-0.1, -0.05) is 48.1 Å². The van der Waals surface area contributed by atoms with Crippen molar-refractivity contribution in [3.05, 3.63) is 83.0 Å². The highest BCUT2D eigenvalue weighted by molar-refractivity contribution is 7.99. The summed E-state index contributed by atoms with van der Waals surface area (Å²) in [4.78, 5) is 1.29. The van der Waals surface area contributed by atoms with E-state index in [1.807, 2.05) is 30.0 Å². The Balaban J connectivity index is 1.84. The van der Waals surface area contributed by atoms with Crippen molar-refractivity contribution >= 4 is 39.1 Å². The lowest BCUT2D eigenvalue weighted by atomic mass is 9.88. The fourth-order valence-corrected chi connectivity index (χ4v) is 5.19. The maximum atomic E-state index is 11.6. The van der Waals surface area contributed by atoms with Crippen molar-refractivity contribution in [2.75, 3.05) is 16.7 Å². The summed E-state index contributed by atoms with van der Waals surface area (Å²) in [5, 5.41) is 0. The van der Waals surface area contributed by atoms with Gasteiger partial charge in [-0.3, -0.25) is 4.72 Å². The summed E-state index contributed by atoms with van der Waals surface area (Å²) < 4.78 is 25.7. The molecule has 3 nitrogen and oxygen atoms in total. The second kappa shape index (κ2) is 7.41. The molecule has 1 heterocycles. The molecule has 2 aromatic carbocycles. The third-order valence-electron chi connectivity index (χ3n) is 4.65. The Morgan fingerprint density at radius 1 is 1.11 bits per heavy atom. The van der Waals surface area contributed by atoms with Gasteiger partial charge in [0.25, 0.3) is 0 Å². The number of fused-ring (bicyclic) bond motifs is 1. The van der Waals surface area contributed by atoms with E-state index < -0.39 is 10.0 Å². The number of nitrogens with one attached hydrogen (secondary N) is 1. The number of thioether (sulfide) groups is 1. The molecule has 4 rings (SSSR count). The van der Waals surface area contributed by atoms with Crippen LogP contribution in [0.3, 0.4) is 0 Å². The molecule has 2 aromatic rings. The average Bonchev–Trinajstić information content (AvgIpc) is 2.79. The minimum atomic E-state index is -3.30. The lowest BCUT2D eigenvalue weighted by Crippen LogP contribution is -2.09. The van der Waals surface area contributed by atoms with Crippen LogP contribution in [0.4, 0.5) is 5.69 Å². The molecule has 0 atom stereocenters. The Morgan fingerprint density at radius 3 is 2.81 bits per heavy atom. The first-order valence-corrected chi connectivity index (χ1v) is 11.8. The van der Waals surface area contributed by atoms with Gasteiger partial charge in [0.15, 0.2) is 0 Å². The molecule has 0 saturated carbocycles. The van der Waals surface area contributed by atoms with E-state index in [-0.39, 0.29) is 0 Å². The smallest absolute Gasteiger partial charge is 0.229 e. The van der Waals surface area contributed by atoms with Crippen LogP contribution in [0.2, 0.25) is 0 Å². The fraction of sp³-hybridized carbons (Fsp3) is 0.182. The largest absolute Gasteiger partial charge is 0.284 e. The highest BCUT2D eigenvalue weighted by Gasteiger charge is 2.20. The second-order valence-electron chi connectivity index (χ2n) is 6.80. The zero-order valence-electron chi connectivity index (χ0n) is 15.1. The first-order chi connectivity index (χ1) is 13.0.